The SMILES string of the molecule is C/C(=C\C=C(\F)CNC(=O)c1ccsc1)CC1(C)CCSC(N)=N1. The molecule has 1 aliphatic rings. The predicted octanol–water partition coefficient (Wildman–Crippen LogP) is 3.88. The summed E-state index contributed by atoms with van der Waals surface area (Å²) in [5.41, 5.74) is 7.17. The Bertz CT molecular complexity index is 667. The molecule has 1 unspecified atom stereocenters. The van der Waals surface area contributed by atoms with Crippen LogP contribution >= 0.6 is 23.1 Å². The van der Waals surface area contributed by atoms with Gasteiger partial charge < -0.3 is 11.1 Å². The van der Waals surface area contributed by atoms with Crippen molar-refractivity contribution in [3.05, 3.63) is 45.9 Å². The molecule has 1 atom stereocenters. The van der Waals surface area contributed by atoms with Gasteiger partial charge >= 0.3 is 0 Å². The zero-order valence-corrected chi connectivity index (χ0v) is 15.5. The van der Waals surface area contributed by atoms with Gasteiger partial charge in [0, 0.05) is 16.7 Å². The van der Waals surface area contributed by atoms with Crippen molar-refractivity contribution in [1.82, 2.24) is 5.32 Å². The maximum absolute atomic E-state index is 13.9. The molecule has 3 N–H and O–H groups in total. The van der Waals surface area contributed by atoms with Crippen LogP contribution in [-0.2, 0) is 0 Å². The Morgan fingerprint density at radius 2 is 2.33 bits per heavy atom. The molecule has 0 aromatic carbocycles. The lowest BCUT2D eigenvalue weighted by molar-refractivity contribution is 0.0955. The van der Waals surface area contributed by atoms with Gasteiger partial charge in [-0.25, -0.2) is 4.39 Å². The lowest BCUT2D eigenvalue weighted by atomic mass is 9.91. The van der Waals surface area contributed by atoms with Crippen molar-refractivity contribution in [2.24, 2.45) is 10.7 Å². The van der Waals surface area contributed by atoms with E-state index in [4.69, 9.17) is 5.73 Å². The minimum Gasteiger partial charge on any atom is -0.379 e. The summed E-state index contributed by atoms with van der Waals surface area (Å²) in [7, 11) is 0. The van der Waals surface area contributed by atoms with Gasteiger partial charge in [0.05, 0.1) is 12.1 Å². The fourth-order valence-corrected chi connectivity index (χ4v) is 4.14. The minimum absolute atomic E-state index is 0.114. The molecule has 0 fully saturated rings. The van der Waals surface area contributed by atoms with Crippen LogP contribution in [0, 0.1) is 0 Å². The smallest absolute Gasteiger partial charge is 0.252 e. The first-order valence-electron chi connectivity index (χ1n) is 7.68. The summed E-state index contributed by atoms with van der Waals surface area (Å²) in [6.07, 6.45) is 4.83. The van der Waals surface area contributed by atoms with Crippen molar-refractivity contribution in [1.29, 1.82) is 0 Å². The monoisotopic (exact) mass is 367 g/mol. The molecule has 2 heterocycles. The highest BCUT2D eigenvalue weighted by molar-refractivity contribution is 8.13. The maximum atomic E-state index is 13.9. The Kier molecular flexibility index (Phi) is 6.62. The average molecular weight is 368 g/mol. The van der Waals surface area contributed by atoms with Crippen LogP contribution in [0.1, 0.15) is 37.0 Å². The van der Waals surface area contributed by atoms with E-state index < -0.39 is 0 Å². The molecule has 1 aromatic rings. The molecule has 2 rings (SSSR count). The number of thiophene rings is 1. The largest absolute Gasteiger partial charge is 0.379 e. The molecule has 7 heteroatoms. The Morgan fingerprint density at radius 3 is 3.00 bits per heavy atom. The molecule has 0 aliphatic carbocycles. The van der Waals surface area contributed by atoms with E-state index in [0.29, 0.717) is 10.7 Å². The van der Waals surface area contributed by atoms with E-state index in [1.807, 2.05) is 12.3 Å². The second-order valence-corrected chi connectivity index (χ2v) is 7.94. The van der Waals surface area contributed by atoms with E-state index in [2.05, 4.69) is 17.2 Å². The molecular formula is C17H22FN3OS2. The van der Waals surface area contributed by atoms with Gasteiger partial charge in [-0.2, -0.15) is 11.3 Å². The molecular weight excluding hydrogens is 345 g/mol. The first-order valence-corrected chi connectivity index (χ1v) is 9.61. The highest BCUT2D eigenvalue weighted by atomic mass is 32.2. The van der Waals surface area contributed by atoms with Gasteiger partial charge in [-0.05, 0) is 44.2 Å². The van der Waals surface area contributed by atoms with Crippen molar-refractivity contribution in [3.8, 4) is 0 Å². The average Bonchev–Trinajstić information content (AvgIpc) is 3.04. The summed E-state index contributed by atoms with van der Waals surface area (Å²) in [6.45, 7) is 3.90. The van der Waals surface area contributed by atoms with Crippen LogP contribution < -0.4 is 11.1 Å². The number of halogens is 1. The van der Waals surface area contributed by atoms with Gasteiger partial charge in [0.15, 0.2) is 5.17 Å². The molecule has 0 saturated carbocycles. The Morgan fingerprint density at radius 1 is 1.54 bits per heavy atom. The van der Waals surface area contributed by atoms with E-state index in [9.17, 15) is 9.18 Å². The third kappa shape index (κ3) is 5.79. The van der Waals surface area contributed by atoms with Crippen LogP contribution in [0.4, 0.5) is 4.39 Å². The van der Waals surface area contributed by atoms with Crippen LogP contribution in [0.5, 0.6) is 0 Å². The van der Waals surface area contributed by atoms with Crippen molar-refractivity contribution < 1.29 is 9.18 Å². The lowest BCUT2D eigenvalue weighted by Crippen LogP contribution is -2.31. The second-order valence-electron chi connectivity index (χ2n) is 6.04. The number of nitrogens with two attached hydrogens (primary N) is 1. The third-order valence-corrected chi connectivity index (χ3v) is 5.16. The number of allylic oxidation sites excluding steroid dienone is 2. The van der Waals surface area contributed by atoms with Gasteiger partial charge in [0.1, 0.15) is 5.83 Å². The van der Waals surface area contributed by atoms with Crippen LogP contribution in [0.15, 0.2) is 45.4 Å². The molecule has 1 amide bonds. The highest BCUT2D eigenvalue weighted by Gasteiger charge is 2.27. The van der Waals surface area contributed by atoms with Gasteiger partial charge in [-0.15, -0.1) is 0 Å². The number of thioether (sulfide) groups is 1. The molecule has 0 radical (unpaired) electrons. The van der Waals surface area contributed by atoms with Crippen LogP contribution in [0.3, 0.4) is 0 Å². The van der Waals surface area contributed by atoms with Gasteiger partial charge in [-0.1, -0.05) is 23.4 Å². The Labute approximate surface area is 150 Å². The summed E-state index contributed by atoms with van der Waals surface area (Å²) >= 11 is 3.00. The molecule has 0 bridgehead atoms. The van der Waals surface area contributed by atoms with Crippen molar-refractivity contribution >= 4 is 34.2 Å². The van der Waals surface area contributed by atoms with E-state index in [1.54, 1.807) is 29.3 Å². The highest BCUT2D eigenvalue weighted by Crippen LogP contribution is 2.30. The summed E-state index contributed by atoms with van der Waals surface area (Å²) in [5, 5.41) is 6.72. The van der Waals surface area contributed by atoms with Gasteiger partial charge in [-0.3, -0.25) is 9.79 Å². The normalized spacial score (nSPS) is 22.2. The van der Waals surface area contributed by atoms with E-state index >= 15 is 0 Å². The number of rotatable bonds is 6. The second kappa shape index (κ2) is 8.48. The number of hydrogen-bond acceptors (Lipinski definition) is 5. The zero-order valence-electron chi connectivity index (χ0n) is 13.8. The molecule has 1 aromatic heterocycles. The standard InChI is InChI=1S/C17H22FN3OS2/c1-12(9-17(2)6-8-24-16(19)21-17)3-4-14(18)10-20-15(22)13-5-7-23-11-13/h3-5,7,11H,6,8-10H2,1-2H3,(H2,19,21)(H,20,22)/b12-3+,14-4+. The first-order chi connectivity index (χ1) is 11.4. The van der Waals surface area contributed by atoms with E-state index in [-0.39, 0.29) is 23.8 Å². The predicted molar refractivity (Wildman–Crippen MR) is 101 cm³/mol. The molecule has 4 nitrogen and oxygen atoms in total. The fourth-order valence-electron chi connectivity index (χ4n) is 2.47. The number of nitrogens with one attached hydrogen (secondary N) is 1. The molecule has 130 valence electrons. The van der Waals surface area contributed by atoms with Gasteiger partial charge in [0.25, 0.3) is 5.91 Å². The number of aliphatic imine (C=N–C) groups is 1. The number of hydrogen-bond donors (Lipinski definition) is 2. The van der Waals surface area contributed by atoms with Crippen molar-refractivity contribution in [3.63, 3.8) is 0 Å². The van der Waals surface area contributed by atoms with Crippen molar-refractivity contribution in [2.75, 3.05) is 12.3 Å². The molecule has 1 aliphatic heterocycles. The number of carbonyl (C=O) groups excluding carboxylic acids is 1. The van der Waals surface area contributed by atoms with Crippen LogP contribution in [0.2, 0.25) is 0 Å². The van der Waals surface area contributed by atoms with Gasteiger partial charge in [0.2, 0.25) is 0 Å². The summed E-state index contributed by atoms with van der Waals surface area (Å²) in [6, 6.07) is 1.71. The molecule has 0 spiro atoms. The van der Waals surface area contributed by atoms with E-state index in [1.165, 1.54) is 17.4 Å². The van der Waals surface area contributed by atoms with Crippen molar-refractivity contribution in [2.45, 2.75) is 32.2 Å². The first kappa shape index (κ1) is 18.7. The summed E-state index contributed by atoms with van der Waals surface area (Å²) < 4.78 is 13.9. The molecule has 24 heavy (non-hydrogen) atoms. The topological polar surface area (TPSA) is 67.5 Å². The number of amides is 1. The zero-order chi connectivity index (χ0) is 17.6. The Hall–Kier alpha value is -1.60. The quantitative estimate of drug-likeness (QED) is 0.750. The van der Waals surface area contributed by atoms with E-state index in [0.717, 1.165) is 24.2 Å². The number of carbonyl (C=O) groups is 1. The summed E-state index contributed by atoms with van der Waals surface area (Å²) in [4.78, 5) is 16.3. The number of amidine groups is 1. The third-order valence-electron chi connectivity index (χ3n) is 3.68. The van der Waals surface area contributed by atoms with Crippen LogP contribution in [0.25, 0.3) is 0 Å². The maximum Gasteiger partial charge on any atom is 0.252 e. The summed E-state index contributed by atoms with van der Waals surface area (Å²) in [5.74, 6) is 0.306. The number of nitrogens with zero attached hydrogens (tertiary/aromatic N) is 1. The Balaban J connectivity index is 1.87. The fraction of sp³-hybridized carbons (Fsp3) is 0.412. The lowest BCUT2D eigenvalue weighted by Gasteiger charge is -2.29. The van der Waals surface area contributed by atoms with Crippen LogP contribution in [-0.4, -0.2) is 28.9 Å². The molecule has 0 saturated heterocycles. The minimum atomic E-state index is -0.384.